The first kappa shape index (κ1) is 11.9. The molecule has 1 aromatic carbocycles. The number of amides is 1. The molecule has 0 spiro atoms. The first-order chi connectivity index (χ1) is 8.02. The van der Waals surface area contributed by atoms with Crippen LogP contribution < -0.4 is 14.8 Å². The lowest BCUT2D eigenvalue weighted by molar-refractivity contribution is -0.286. The average Bonchev–Trinajstić information content (AvgIpc) is 2.60. The minimum atomic E-state index is -3.66. The van der Waals surface area contributed by atoms with Crippen molar-refractivity contribution in [1.82, 2.24) is 5.32 Å². The van der Waals surface area contributed by atoms with Crippen molar-refractivity contribution in [1.29, 1.82) is 0 Å². The van der Waals surface area contributed by atoms with Gasteiger partial charge in [-0.05, 0) is 6.07 Å². The Bertz CT molecular complexity index is 453. The normalized spacial score (nSPS) is 15.7. The van der Waals surface area contributed by atoms with Gasteiger partial charge in [0.25, 0.3) is 0 Å². The van der Waals surface area contributed by atoms with Crippen molar-refractivity contribution in [3.63, 3.8) is 0 Å². The summed E-state index contributed by atoms with van der Waals surface area (Å²) >= 11 is 5.29. The Morgan fingerprint density at radius 1 is 1.41 bits per heavy atom. The zero-order valence-electron chi connectivity index (χ0n) is 8.50. The van der Waals surface area contributed by atoms with Gasteiger partial charge in [-0.2, -0.15) is 0 Å². The number of benzene rings is 1. The van der Waals surface area contributed by atoms with E-state index in [-0.39, 0.29) is 23.9 Å². The molecule has 1 aliphatic rings. The smallest absolute Gasteiger partial charge is 0.395 e. The number of alkyl halides is 3. The van der Waals surface area contributed by atoms with Gasteiger partial charge in [-0.15, -0.1) is 20.4 Å². The minimum Gasteiger partial charge on any atom is -0.395 e. The van der Waals surface area contributed by atoms with Crippen LogP contribution in [0.3, 0.4) is 0 Å². The average molecular weight is 264 g/mol. The van der Waals surface area contributed by atoms with Gasteiger partial charge in [0.1, 0.15) is 5.88 Å². The Kier molecular flexibility index (Phi) is 3.06. The molecule has 0 aliphatic carbocycles. The number of para-hydroxylation sites is 1. The molecule has 2 rings (SSSR count). The molecule has 1 N–H and O–H groups in total. The lowest BCUT2D eigenvalue weighted by Crippen LogP contribution is -2.27. The number of halogens is 3. The van der Waals surface area contributed by atoms with Gasteiger partial charge < -0.3 is 14.8 Å². The molecule has 0 bridgehead atoms. The van der Waals surface area contributed by atoms with Crippen LogP contribution in [0.4, 0.5) is 8.78 Å². The molecule has 0 saturated carbocycles. The van der Waals surface area contributed by atoms with Crippen LogP contribution in [0.2, 0.25) is 0 Å². The van der Waals surface area contributed by atoms with E-state index in [1.54, 1.807) is 6.07 Å². The molecule has 7 heteroatoms. The number of hydrogen-bond donors (Lipinski definition) is 1. The van der Waals surface area contributed by atoms with Gasteiger partial charge >= 0.3 is 6.29 Å². The number of carbonyl (C=O) groups excluding carboxylic acids is 1. The molecular formula is C10H8ClF2NO3. The summed E-state index contributed by atoms with van der Waals surface area (Å²) in [7, 11) is 0. The molecular weight excluding hydrogens is 256 g/mol. The Balaban J connectivity index is 2.16. The Morgan fingerprint density at radius 2 is 2.18 bits per heavy atom. The van der Waals surface area contributed by atoms with Crippen molar-refractivity contribution in [2.24, 2.45) is 0 Å². The second-order valence-corrected chi connectivity index (χ2v) is 3.59. The van der Waals surface area contributed by atoms with Crippen LogP contribution in [0.15, 0.2) is 18.2 Å². The summed E-state index contributed by atoms with van der Waals surface area (Å²) in [5.41, 5.74) is 0.401. The first-order valence-corrected chi connectivity index (χ1v) is 5.26. The second-order valence-electron chi connectivity index (χ2n) is 3.32. The minimum absolute atomic E-state index is 0.0485. The highest BCUT2D eigenvalue weighted by Crippen LogP contribution is 2.43. The zero-order valence-corrected chi connectivity index (χ0v) is 9.26. The van der Waals surface area contributed by atoms with E-state index in [9.17, 15) is 13.6 Å². The van der Waals surface area contributed by atoms with E-state index in [0.29, 0.717) is 5.56 Å². The number of rotatable bonds is 3. The lowest BCUT2D eigenvalue weighted by atomic mass is 10.2. The molecule has 1 amide bonds. The fourth-order valence-electron chi connectivity index (χ4n) is 1.41. The Morgan fingerprint density at radius 3 is 2.88 bits per heavy atom. The molecule has 0 radical (unpaired) electrons. The van der Waals surface area contributed by atoms with Crippen molar-refractivity contribution in [2.75, 3.05) is 5.88 Å². The number of carbonyl (C=O) groups is 1. The van der Waals surface area contributed by atoms with Gasteiger partial charge in [0.15, 0.2) is 11.5 Å². The summed E-state index contributed by atoms with van der Waals surface area (Å²) in [6, 6.07) is 4.45. The lowest BCUT2D eigenvalue weighted by Gasteiger charge is -2.07. The molecule has 0 saturated heterocycles. The van der Waals surface area contributed by atoms with E-state index in [0.717, 1.165) is 0 Å². The van der Waals surface area contributed by atoms with Gasteiger partial charge in [0, 0.05) is 12.1 Å². The summed E-state index contributed by atoms with van der Waals surface area (Å²) in [5.74, 6) is -0.697. The third-order valence-corrected chi connectivity index (χ3v) is 2.35. The van der Waals surface area contributed by atoms with E-state index >= 15 is 0 Å². The van der Waals surface area contributed by atoms with Gasteiger partial charge in [0.05, 0.1) is 0 Å². The van der Waals surface area contributed by atoms with Crippen LogP contribution >= 0.6 is 11.6 Å². The fraction of sp³-hybridized carbons (Fsp3) is 0.300. The van der Waals surface area contributed by atoms with Crippen LogP contribution in [0.25, 0.3) is 0 Å². The SMILES string of the molecule is O=C(CCl)NCc1cccc2c1OC(F)(F)O2. The molecule has 0 unspecified atom stereocenters. The maximum Gasteiger partial charge on any atom is 0.586 e. The molecule has 0 atom stereocenters. The highest BCUT2D eigenvalue weighted by Gasteiger charge is 2.44. The van der Waals surface area contributed by atoms with Crippen molar-refractivity contribution in [2.45, 2.75) is 12.8 Å². The summed E-state index contributed by atoms with van der Waals surface area (Å²) in [4.78, 5) is 10.9. The van der Waals surface area contributed by atoms with Gasteiger partial charge in [0.2, 0.25) is 5.91 Å². The van der Waals surface area contributed by atoms with Crippen LogP contribution in [0.1, 0.15) is 5.56 Å². The standard InChI is InChI=1S/C10H8ClF2NO3/c11-4-8(15)14-5-6-2-1-3-7-9(6)17-10(12,13)16-7/h1-3H,4-5H2,(H,14,15). The van der Waals surface area contributed by atoms with E-state index in [1.807, 2.05) is 0 Å². The van der Waals surface area contributed by atoms with Crippen LogP contribution in [0, 0.1) is 0 Å². The monoisotopic (exact) mass is 263 g/mol. The number of fused-ring (bicyclic) bond motifs is 1. The van der Waals surface area contributed by atoms with E-state index in [1.165, 1.54) is 12.1 Å². The molecule has 0 fully saturated rings. The molecule has 0 aromatic heterocycles. The van der Waals surface area contributed by atoms with Gasteiger partial charge in [-0.1, -0.05) is 12.1 Å². The third-order valence-electron chi connectivity index (χ3n) is 2.11. The molecule has 4 nitrogen and oxygen atoms in total. The van der Waals surface area contributed by atoms with Crippen LogP contribution in [-0.4, -0.2) is 18.1 Å². The maximum atomic E-state index is 12.8. The molecule has 1 aromatic rings. The van der Waals surface area contributed by atoms with Gasteiger partial charge in [-0.3, -0.25) is 4.79 Å². The van der Waals surface area contributed by atoms with Crippen molar-refractivity contribution >= 4 is 17.5 Å². The summed E-state index contributed by atoms with van der Waals surface area (Å²) < 4.78 is 34.3. The number of hydrogen-bond acceptors (Lipinski definition) is 3. The van der Waals surface area contributed by atoms with Crippen molar-refractivity contribution in [3.05, 3.63) is 23.8 Å². The molecule has 1 heterocycles. The maximum absolute atomic E-state index is 12.8. The Hall–Kier alpha value is -1.56. The fourth-order valence-corrected chi connectivity index (χ4v) is 1.50. The van der Waals surface area contributed by atoms with E-state index in [2.05, 4.69) is 14.8 Å². The largest absolute Gasteiger partial charge is 0.586 e. The molecule has 1 aliphatic heterocycles. The highest BCUT2D eigenvalue weighted by atomic mass is 35.5. The number of nitrogens with one attached hydrogen (secondary N) is 1. The van der Waals surface area contributed by atoms with Crippen molar-refractivity contribution in [3.8, 4) is 11.5 Å². The van der Waals surface area contributed by atoms with E-state index < -0.39 is 12.2 Å². The Labute approximate surface area is 100 Å². The van der Waals surface area contributed by atoms with Crippen molar-refractivity contribution < 1.29 is 23.0 Å². The summed E-state index contributed by atoms with van der Waals surface area (Å²) in [6.45, 7) is 0.0498. The highest BCUT2D eigenvalue weighted by molar-refractivity contribution is 6.27. The van der Waals surface area contributed by atoms with E-state index in [4.69, 9.17) is 11.6 Å². The van der Waals surface area contributed by atoms with Gasteiger partial charge in [-0.25, -0.2) is 0 Å². The predicted octanol–water partition coefficient (Wildman–Crippen LogP) is 1.86. The zero-order chi connectivity index (χ0) is 12.5. The third kappa shape index (κ3) is 2.58. The summed E-state index contributed by atoms with van der Waals surface area (Å²) in [5, 5.41) is 2.45. The second kappa shape index (κ2) is 4.37. The molecule has 17 heavy (non-hydrogen) atoms. The first-order valence-electron chi connectivity index (χ1n) is 4.72. The molecule has 92 valence electrons. The number of ether oxygens (including phenoxy) is 2. The van der Waals surface area contributed by atoms with Crippen LogP contribution in [0.5, 0.6) is 11.5 Å². The predicted molar refractivity (Wildman–Crippen MR) is 55.2 cm³/mol. The summed E-state index contributed by atoms with van der Waals surface area (Å²) in [6.07, 6.45) is -3.66. The quantitative estimate of drug-likeness (QED) is 0.847. The topological polar surface area (TPSA) is 47.6 Å². The van der Waals surface area contributed by atoms with Crippen LogP contribution in [-0.2, 0) is 11.3 Å².